The molecule has 0 atom stereocenters. The van der Waals surface area contributed by atoms with Crippen molar-refractivity contribution in [2.45, 2.75) is 32.3 Å². The number of benzene rings is 1. The number of Topliss-reactive ketones (excluding diaryl/α,β-unsaturated/α-hetero) is 1. The number of carbonyl (C=O) groups is 2. The van der Waals surface area contributed by atoms with Crippen molar-refractivity contribution in [2.75, 3.05) is 6.54 Å². The lowest BCUT2D eigenvalue weighted by Crippen LogP contribution is -2.38. The van der Waals surface area contributed by atoms with Crippen LogP contribution in [0.25, 0.3) is 0 Å². The number of hydrogen-bond acceptors (Lipinski definition) is 3. The van der Waals surface area contributed by atoms with E-state index in [9.17, 15) is 19.1 Å². The fraction of sp³-hybridized carbons (Fsp3) is 0.429. The minimum Gasteiger partial charge on any atom is -0.389 e. The molecule has 5 heteroatoms. The van der Waals surface area contributed by atoms with Crippen LogP contribution in [0.5, 0.6) is 0 Å². The first kappa shape index (κ1) is 15.3. The lowest BCUT2D eigenvalue weighted by molar-refractivity contribution is -0.122. The summed E-state index contributed by atoms with van der Waals surface area (Å²) in [5, 5.41) is 11.9. The third-order valence-electron chi connectivity index (χ3n) is 2.47. The first-order valence-corrected chi connectivity index (χ1v) is 6.06. The van der Waals surface area contributed by atoms with E-state index in [2.05, 4.69) is 5.32 Å². The molecule has 0 spiro atoms. The van der Waals surface area contributed by atoms with Gasteiger partial charge >= 0.3 is 0 Å². The minimum atomic E-state index is -0.995. The standard InChI is InChI=1S/C14H18FNO3/c1-14(2,19)9-16-13(18)8-7-12(17)10-5-3-4-6-11(10)15/h3-6,19H,7-9H2,1-2H3,(H,16,18). The Balaban J connectivity index is 2.43. The van der Waals surface area contributed by atoms with E-state index in [1.54, 1.807) is 19.9 Å². The molecule has 0 bridgehead atoms. The van der Waals surface area contributed by atoms with Gasteiger partial charge < -0.3 is 10.4 Å². The fourth-order valence-electron chi connectivity index (χ4n) is 1.45. The lowest BCUT2D eigenvalue weighted by Gasteiger charge is -2.17. The number of nitrogens with one attached hydrogen (secondary N) is 1. The molecule has 0 aromatic heterocycles. The van der Waals surface area contributed by atoms with Crippen LogP contribution in [0.15, 0.2) is 24.3 Å². The van der Waals surface area contributed by atoms with Gasteiger partial charge in [-0.1, -0.05) is 12.1 Å². The Morgan fingerprint density at radius 3 is 2.47 bits per heavy atom. The second kappa shape index (κ2) is 6.43. The van der Waals surface area contributed by atoms with Gasteiger partial charge in [-0.2, -0.15) is 0 Å². The summed E-state index contributed by atoms with van der Waals surface area (Å²) in [6.45, 7) is 3.25. The highest BCUT2D eigenvalue weighted by molar-refractivity contribution is 5.98. The zero-order valence-corrected chi connectivity index (χ0v) is 11.1. The van der Waals surface area contributed by atoms with Gasteiger partial charge in [0, 0.05) is 19.4 Å². The third-order valence-corrected chi connectivity index (χ3v) is 2.47. The Morgan fingerprint density at radius 1 is 1.26 bits per heavy atom. The normalized spacial score (nSPS) is 11.2. The highest BCUT2D eigenvalue weighted by Crippen LogP contribution is 2.10. The molecular weight excluding hydrogens is 249 g/mol. The molecule has 0 unspecified atom stereocenters. The summed E-state index contributed by atoms with van der Waals surface area (Å²) < 4.78 is 13.3. The van der Waals surface area contributed by atoms with Crippen molar-refractivity contribution >= 4 is 11.7 Å². The second-order valence-electron chi connectivity index (χ2n) is 4.99. The summed E-state index contributed by atoms with van der Waals surface area (Å²) in [5.74, 6) is -1.33. The minimum absolute atomic E-state index is 0.00205. The first-order valence-electron chi connectivity index (χ1n) is 6.06. The zero-order valence-electron chi connectivity index (χ0n) is 11.1. The van der Waals surface area contributed by atoms with Gasteiger partial charge in [0.25, 0.3) is 0 Å². The molecule has 4 nitrogen and oxygen atoms in total. The van der Waals surface area contributed by atoms with Crippen LogP contribution in [-0.4, -0.2) is 28.9 Å². The summed E-state index contributed by atoms with van der Waals surface area (Å²) in [6, 6.07) is 5.68. The van der Waals surface area contributed by atoms with Crippen molar-refractivity contribution in [1.29, 1.82) is 0 Å². The number of ketones is 1. The van der Waals surface area contributed by atoms with Crippen LogP contribution in [-0.2, 0) is 4.79 Å². The van der Waals surface area contributed by atoms with Gasteiger partial charge in [0.05, 0.1) is 11.2 Å². The number of halogens is 1. The van der Waals surface area contributed by atoms with Gasteiger partial charge in [0.1, 0.15) is 5.82 Å². The van der Waals surface area contributed by atoms with Gasteiger partial charge in [-0.25, -0.2) is 4.39 Å². The van der Waals surface area contributed by atoms with Crippen LogP contribution in [0, 0.1) is 5.82 Å². The zero-order chi connectivity index (χ0) is 14.5. The quantitative estimate of drug-likeness (QED) is 0.771. The average molecular weight is 267 g/mol. The van der Waals surface area contributed by atoms with Crippen molar-refractivity contribution < 1.29 is 19.1 Å². The fourth-order valence-corrected chi connectivity index (χ4v) is 1.45. The molecule has 0 saturated heterocycles. The maximum Gasteiger partial charge on any atom is 0.220 e. The second-order valence-corrected chi connectivity index (χ2v) is 4.99. The van der Waals surface area contributed by atoms with Gasteiger partial charge in [-0.15, -0.1) is 0 Å². The maximum absolute atomic E-state index is 13.3. The molecule has 19 heavy (non-hydrogen) atoms. The van der Waals surface area contributed by atoms with Gasteiger partial charge in [-0.05, 0) is 26.0 Å². The monoisotopic (exact) mass is 267 g/mol. The molecule has 0 aliphatic carbocycles. The Kier molecular flexibility index (Phi) is 5.18. The van der Waals surface area contributed by atoms with E-state index in [-0.39, 0.29) is 30.9 Å². The Labute approximate surface area is 111 Å². The molecule has 0 radical (unpaired) electrons. The van der Waals surface area contributed by atoms with Crippen LogP contribution in [0.4, 0.5) is 4.39 Å². The van der Waals surface area contributed by atoms with Crippen molar-refractivity contribution in [3.8, 4) is 0 Å². The lowest BCUT2D eigenvalue weighted by atomic mass is 10.1. The van der Waals surface area contributed by atoms with Crippen molar-refractivity contribution in [2.24, 2.45) is 0 Å². The van der Waals surface area contributed by atoms with Crippen LogP contribution in [0.2, 0.25) is 0 Å². The van der Waals surface area contributed by atoms with Crippen LogP contribution >= 0.6 is 0 Å². The third kappa shape index (κ3) is 5.61. The molecule has 1 aromatic rings. The van der Waals surface area contributed by atoms with E-state index in [0.717, 1.165) is 0 Å². The predicted molar refractivity (Wildman–Crippen MR) is 69.3 cm³/mol. The summed E-state index contributed by atoms with van der Waals surface area (Å²) in [6.07, 6.45) is -0.0815. The van der Waals surface area contributed by atoms with Crippen LogP contribution in [0.3, 0.4) is 0 Å². The molecule has 104 valence electrons. The molecule has 0 heterocycles. The molecule has 0 fully saturated rings. The van der Waals surface area contributed by atoms with Crippen molar-refractivity contribution in [1.82, 2.24) is 5.32 Å². The van der Waals surface area contributed by atoms with Gasteiger partial charge in [0.2, 0.25) is 5.91 Å². The summed E-state index contributed by atoms with van der Waals surface area (Å²) in [7, 11) is 0. The van der Waals surface area contributed by atoms with E-state index in [0.29, 0.717) is 0 Å². The van der Waals surface area contributed by atoms with Crippen LogP contribution < -0.4 is 5.32 Å². The number of amides is 1. The molecule has 1 amide bonds. The predicted octanol–water partition coefficient (Wildman–Crippen LogP) is 1.68. The van der Waals surface area contributed by atoms with E-state index >= 15 is 0 Å². The molecule has 1 aromatic carbocycles. The van der Waals surface area contributed by atoms with E-state index in [1.807, 2.05) is 0 Å². The first-order chi connectivity index (χ1) is 8.79. The van der Waals surface area contributed by atoms with Crippen LogP contribution in [0.1, 0.15) is 37.0 Å². The topological polar surface area (TPSA) is 66.4 Å². The van der Waals surface area contributed by atoms with E-state index in [1.165, 1.54) is 18.2 Å². The molecule has 0 aliphatic rings. The Bertz CT molecular complexity index is 466. The largest absolute Gasteiger partial charge is 0.389 e. The highest BCUT2D eigenvalue weighted by Gasteiger charge is 2.16. The molecule has 0 aliphatic heterocycles. The summed E-state index contributed by atoms with van der Waals surface area (Å²) >= 11 is 0. The number of hydrogen-bond donors (Lipinski definition) is 2. The van der Waals surface area contributed by atoms with E-state index < -0.39 is 17.2 Å². The van der Waals surface area contributed by atoms with Gasteiger partial charge in [0.15, 0.2) is 5.78 Å². The number of carbonyl (C=O) groups excluding carboxylic acids is 2. The molecular formula is C14H18FNO3. The summed E-state index contributed by atoms with van der Waals surface area (Å²) in [5.41, 5.74) is -0.997. The van der Waals surface area contributed by atoms with Crippen molar-refractivity contribution in [3.63, 3.8) is 0 Å². The SMILES string of the molecule is CC(C)(O)CNC(=O)CCC(=O)c1ccccc1F. The maximum atomic E-state index is 13.3. The average Bonchev–Trinajstić information content (AvgIpc) is 2.33. The smallest absolute Gasteiger partial charge is 0.220 e. The van der Waals surface area contributed by atoms with E-state index in [4.69, 9.17) is 0 Å². The number of rotatable bonds is 6. The Hall–Kier alpha value is -1.75. The summed E-state index contributed by atoms with van der Waals surface area (Å²) in [4.78, 5) is 23.1. The number of aliphatic hydroxyl groups is 1. The van der Waals surface area contributed by atoms with Crippen molar-refractivity contribution in [3.05, 3.63) is 35.6 Å². The molecule has 2 N–H and O–H groups in total. The molecule has 1 rings (SSSR count). The van der Waals surface area contributed by atoms with Gasteiger partial charge in [-0.3, -0.25) is 9.59 Å². The highest BCUT2D eigenvalue weighted by atomic mass is 19.1. The Morgan fingerprint density at radius 2 is 1.89 bits per heavy atom. The molecule has 0 saturated carbocycles.